The first-order chi connectivity index (χ1) is 15.7. The summed E-state index contributed by atoms with van der Waals surface area (Å²) in [4.78, 5) is 12.3. The molecule has 4 aromatic rings. The molecule has 0 atom stereocenters. The fourth-order valence-electron chi connectivity index (χ4n) is 3.47. The van der Waals surface area contributed by atoms with Crippen LogP contribution in [0.3, 0.4) is 0 Å². The summed E-state index contributed by atoms with van der Waals surface area (Å²) in [5, 5.41) is 13.5. The lowest BCUT2D eigenvalue weighted by molar-refractivity contribution is -0.120. The number of nitrogens with one attached hydrogen (secondary N) is 1. The van der Waals surface area contributed by atoms with E-state index in [0.717, 1.165) is 33.3 Å². The summed E-state index contributed by atoms with van der Waals surface area (Å²) in [5.74, 6) is 1.21. The summed E-state index contributed by atoms with van der Waals surface area (Å²) >= 11 is 0. The van der Waals surface area contributed by atoms with Gasteiger partial charge in [0.1, 0.15) is 12.4 Å². The molecule has 0 bridgehead atoms. The molecule has 0 saturated carbocycles. The van der Waals surface area contributed by atoms with Crippen molar-refractivity contribution in [3.8, 4) is 22.9 Å². The van der Waals surface area contributed by atoms with E-state index in [1.807, 2.05) is 79.7 Å². The van der Waals surface area contributed by atoms with Crippen molar-refractivity contribution in [2.24, 2.45) is 0 Å². The van der Waals surface area contributed by atoms with E-state index in [9.17, 15) is 4.79 Å². The van der Waals surface area contributed by atoms with Crippen molar-refractivity contribution in [3.05, 3.63) is 84.4 Å². The molecule has 1 amide bonds. The van der Waals surface area contributed by atoms with Crippen LogP contribution in [0.4, 0.5) is 0 Å². The van der Waals surface area contributed by atoms with Gasteiger partial charge in [-0.1, -0.05) is 42.5 Å². The molecule has 0 saturated heterocycles. The van der Waals surface area contributed by atoms with Crippen LogP contribution in [0.5, 0.6) is 11.6 Å². The molecular formula is C26H25N3O3. The average Bonchev–Trinajstić information content (AvgIpc) is 2.83. The van der Waals surface area contributed by atoms with E-state index in [1.54, 1.807) is 6.07 Å². The van der Waals surface area contributed by atoms with Crippen molar-refractivity contribution in [1.29, 1.82) is 0 Å². The maximum absolute atomic E-state index is 12.3. The smallest absolute Gasteiger partial charge is 0.233 e. The Hall–Kier alpha value is -3.93. The van der Waals surface area contributed by atoms with E-state index in [-0.39, 0.29) is 5.91 Å². The lowest BCUT2D eigenvalue weighted by Gasteiger charge is -2.09. The SMILES string of the molecule is CCOc1ccc(-c2ccc(OCCNC(=O)Cc3cccc4ccccc34)nn2)cc1. The van der Waals surface area contributed by atoms with Crippen molar-refractivity contribution in [2.45, 2.75) is 13.3 Å². The maximum Gasteiger partial charge on any atom is 0.233 e. The molecule has 0 unspecified atom stereocenters. The number of ether oxygens (including phenoxy) is 2. The zero-order valence-corrected chi connectivity index (χ0v) is 18.0. The second-order valence-electron chi connectivity index (χ2n) is 7.23. The van der Waals surface area contributed by atoms with Gasteiger partial charge in [-0.2, -0.15) is 0 Å². The van der Waals surface area contributed by atoms with E-state index >= 15 is 0 Å². The lowest BCUT2D eigenvalue weighted by Crippen LogP contribution is -2.29. The molecule has 0 aliphatic carbocycles. The fourth-order valence-corrected chi connectivity index (χ4v) is 3.47. The molecular weight excluding hydrogens is 402 g/mol. The standard InChI is InChI=1S/C26H25N3O3/c1-2-31-22-12-10-20(11-13-22)24-14-15-26(29-28-24)32-17-16-27-25(30)18-21-8-5-7-19-6-3-4-9-23(19)21/h3-15H,2,16-18H2,1H3,(H,27,30). The van der Waals surface area contributed by atoms with Gasteiger partial charge in [0.15, 0.2) is 0 Å². The van der Waals surface area contributed by atoms with Gasteiger partial charge in [0.05, 0.1) is 25.3 Å². The third-order valence-corrected chi connectivity index (χ3v) is 5.01. The van der Waals surface area contributed by atoms with Crippen molar-refractivity contribution in [1.82, 2.24) is 15.5 Å². The van der Waals surface area contributed by atoms with E-state index in [0.29, 0.717) is 32.1 Å². The molecule has 32 heavy (non-hydrogen) atoms. The minimum Gasteiger partial charge on any atom is -0.494 e. The van der Waals surface area contributed by atoms with Crippen LogP contribution in [0, 0.1) is 0 Å². The third-order valence-electron chi connectivity index (χ3n) is 5.01. The molecule has 1 aromatic heterocycles. The van der Waals surface area contributed by atoms with Crippen LogP contribution < -0.4 is 14.8 Å². The number of benzene rings is 3. The van der Waals surface area contributed by atoms with Crippen molar-refractivity contribution >= 4 is 16.7 Å². The molecule has 4 rings (SSSR count). The Balaban J connectivity index is 1.24. The van der Waals surface area contributed by atoms with Crippen LogP contribution >= 0.6 is 0 Å². The number of nitrogens with zero attached hydrogens (tertiary/aromatic N) is 2. The number of carbonyl (C=O) groups excluding carboxylic acids is 1. The van der Waals surface area contributed by atoms with Crippen molar-refractivity contribution in [2.75, 3.05) is 19.8 Å². The Morgan fingerprint density at radius 2 is 1.69 bits per heavy atom. The average molecular weight is 428 g/mol. The Morgan fingerprint density at radius 1 is 0.875 bits per heavy atom. The summed E-state index contributed by atoms with van der Waals surface area (Å²) < 4.78 is 11.1. The molecule has 162 valence electrons. The zero-order chi connectivity index (χ0) is 22.2. The van der Waals surface area contributed by atoms with Crippen LogP contribution in [0.15, 0.2) is 78.9 Å². The molecule has 6 nitrogen and oxygen atoms in total. The highest BCUT2D eigenvalue weighted by atomic mass is 16.5. The van der Waals surface area contributed by atoms with Crippen LogP contribution in [0.25, 0.3) is 22.0 Å². The molecule has 0 aliphatic heterocycles. The molecule has 0 spiro atoms. The summed E-state index contributed by atoms with van der Waals surface area (Å²) in [6.45, 7) is 3.30. The number of amides is 1. The van der Waals surface area contributed by atoms with Crippen LogP contribution in [0.1, 0.15) is 12.5 Å². The third kappa shape index (κ3) is 5.40. The van der Waals surface area contributed by atoms with Crippen LogP contribution in [-0.4, -0.2) is 35.9 Å². The zero-order valence-electron chi connectivity index (χ0n) is 18.0. The van der Waals surface area contributed by atoms with E-state index in [4.69, 9.17) is 9.47 Å². The molecule has 1 N–H and O–H groups in total. The molecule has 3 aromatic carbocycles. The largest absolute Gasteiger partial charge is 0.494 e. The summed E-state index contributed by atoms with van der Waals surface area (Å²) in [6, 6.07) is 25.4. The Kier molecular flexibility index (Phi) is 6.92. The van der Waals surface area contributed by atoms with Crippen molar-refractivity contribution < 1.29 is 14.3 Å². The van der Waals surface area contributed by atoms with Gasteiger partial charge in [-0.3, -0.25) is 4.79 Å². The minimum absolute atomic E-state index is 0.0399. The van der Waals surface area contributed by atoms with E-state index in [2.05, 4.69) is 15.5 Å². The quantitative estimate of drug-likeness (QED) is 0.400. The lowest BCUT2D eigenvalue weighted by atomic mass is 10.0. The van der Waals surface area contributed by atoms with E-state index in [1.165, 1.54) is 0 Å². The highest BCUT2D eigenvalue weighted by molar-refractivity contribution is 5.90. The highest BCUT2D eigenvalue weighted by Crippen LogP contribution is 2.21. The Morgan fingerprint density at radius 3 is 2.47 bits per heavy atom. The number of hydrogen-bond donors (Lipinski definition) is 1. The minimum atomic E-state index is -0.0399. The van der Waals surface area contributed by atoms with Gasteiger partial charge in [-0.25, -0.2) is 0 Å². The van der Waals surface area contributed by atoms with Gasteiger partial charge in [0, 0.05) is 11.6 Å². The predicted octanol–water partition coefficient (Wildman–Crippen LogP) is 4.43. The number of aromatic nitrogens is 2. The van der Waals surface area contributed by atoms with Crippen LogP contribution in [0.2, 0.25) is 0 Å². The van der Waals surface area contributed by atoms with Gasteiger partial charge in [-0.15, -0.1) is 10.2 Å². The second kappa shape index (κ2) is 10.4. The van der Waals surface area contributed by atoms with E-state index < -0.39 is 0 Å². The van der Waals surface area contributed by atoms with Gasteiger partial charge < -0.3 is 14.8 Å². The number of hydrogen-bond acceptors (Lipinski definition) is 5. The first-order valence-corrected chi connectivity index (χ1v) is 10.7. The number of carbonyl (C=O) groups is 1. The van der Waals surface area contributed by atoms with Crippen LogP contribution in [-0.2, 0) is 11.2 Å². The first kappa shape index (κ1) is 21.3. The molecule has 0 fully saturated rings. The van der Waals surface area contributed by atoms with Gasteiger partial charge in [-0.05, 0) is 53.6 Å². The summed E-state index contributed by atoms with van der Waals surface area (Å²) in [6.07, 6.45) is 0.331. The Bertz CT molecular complexity index is 1170. The predicted molar refractivity (Wildman–Crippen MR) is 125 cm³/mol. The second-order valence-corrected chi connectivity index (χ2v) is 7.23. The monoisotopic (exact) mass is 427 g/mol. The summed E-state index contributed by atoms with van der Waals surface area (Å²) in [5.41, 5.74) is 2.72. The fraction of sp³-hybridized carbons (Fsp3) is 0.192. The molecule has 1 heterocycles. The first-order valence-electron chi connectivity index (χ1n) is 10.7. The maximum atomic E-state index is 12.3. The number of fused-ring (bicyclic) bond motifs is 1. The van der Waals surface area contributed by atoms with Gasteiger partial charge in [0.25, 0.3) is 0 Å². The van der Waals surface area contributed by atoms with Gasteiger partial charge >= 0.3 is 0 Å². The van der Waals surface area contributed by atoms with Gasteiger partial charge in [0.2, 0.25) is 11.8 Å². The number of rotatable bonds is 9. The molecule has 0 radical (unpaired) electrons. The van der Waals surface area contributed by atoms with Crippen molar-refractivity contribution in [3.63, 3.8) is 0 Å². The normalized spacial score (nSPS) is 10.7. The molecule has 0 aliphatic rings. The topological polar surface area (TPSA) is 73.3 Å². The summed E-state index contributed by atoms with van der Waals surface area (Å²) in [7, 11) is 0. The highest BCUT2D eigenvalue weighted by Gasteiger charge is 2.07. The molecule has 6 heteroatoms. The Labute approximate surface area is 187 Å².